The second-order valence-corrected chi connectivity index (χ2v) is 10.8. The fraction of sp³-hybridized carbons (Fsp3) is 0.625. The summed E-state index contributed by atoms with van der Waals surface area (Å²) in [6.45, 7) is 2.11. The van der Waals surface area contributed by atoms with E-state index in [1.807, 2.05) is 0 Å². The molecular formula is C16H23FN2O4S2. The highest BCUT2D eigenvalue weighted by Crippen LogP contribution is 2.28. The number of sulfonamides is 2. The molecule has 140 valence electrons. The molecule has 1 aliphatic carbocycles. The summed E-state index contributed by atoms with van der Waals surface area (Å²) >= 11 is 0. The van der Waals surface area contributed by atoms with Crippen LogP contribution < -0.4 is 0 Å². The maximum absolute atomic E-state index is 13.2. The lowest BCUT2D eigenvalue weighted by Crippen LogP contribution is -2.52. The van der Waals surface area contributed by atoms with E-state index < -0.39 is 25.9 Å². The summed E-state index contributed by atoms with van der Waals surface area (Å²) < 4.78 is 66.7. The van der Waals surface area contributed by atoms with Crippen LogP contribution in [-0.2, 0) is 20.0 Å². The van der Waals surface area contributed by atoms with Crippen LogP contribution in [0.2, 0.25) is 0 Å². The first-order valence-corrected chi connectivity index (χ1v) is 11.4. The fourth-order valence-corrected chi connectivity index (χ4v) is 7.25. The minimum atomic E-state index is -3.75. The van der Waals surface area contributed by atoms with Crippen molar-refractivity contribution < 1.29 is 21.2 Å². The molecular weight excluding hydrogens is 367 g/mol. The third kappa shape index (κ3) is 3.60. The first-order chi connectivity index (χ1) is 11.7. The van der Waals surface area contributed by atoms with Gasteiger partial charge in [-0.2, -0.15) is 8.61 Å². The standard InChI is InChI=1S/C16H23FN2O4S2/c1-13-12-14(17)6-7-16(13)25(22,23)19-10-8-18(9-11-19)24(20,21)15-4-2-3-5-15/h6-7,12,15H,2-5,8-11H2,1H3. The largest absolute Gasteiger partial charge is 0.243 e. The minimum Gasteiger partial charge on any atom is -0.212 e. The number of rotatable bonds is 4. The van der Waals surface area contributed by atoms with E-state index in [0.29, 0.717) is 18.4 Å². The highest BCUT2D eigenvalue weighted by molar-refractivity contribution is 7.90. The Morgan fingerprint density at radius 2 is 1.52 bits per heavy atom. The van der Waals surface area contributed by atoms with Crippen LogP contribution in [0, 0.1) is 12.7 Å². The molecule has 1 aromatic rings. The lowest BCUT2D eigenvalue weighted by atomic mass is 10.2. The van der Waals surface area contributed by atoms with E-state index in [2.05, 4.69) is 0 Å². The van der Waals surface area contributed by atoms with Crippen molar-refractivity contribution in [3.8, 4) is 0 Å². The van der Waals surface area contributed by atoms with Crippen LogP contribution in [-0.4, -0.2) is 56.9 Å². The van der Waals surface area contributed by atoms with Gasteiger partial charge in [0.1, 0.15) is 5.82 Å². The third-order valence-corrected chi connectivity index (χ3v) is 9.49. The fourth-order valence-electron chi connectivity index (χ4n) is 3.60. The molecule has 0 N–H and O–H groups in total. The SMILES string of the molecule is Cc1cc(F)ccc1S(=O)(=O)N1CCN(S(=O)(=O)C2CCCC2)CC1. The van der Waals surface area contributed by atoms with E-state index in [1.165, 1.54) is 20.7 Å². The average molecular weight is 391 g/mol. The van der Waals surface area contributed by atoms with E-state index in [0.717, 1.165) is 18.9 Å². The Bertz CT molecular complexity index is 841. The summed E-state index contributed by atoms with van der Waals surface area (Å²) in [5.74, 6) is -0.482. The van der Waals surface area contributed by atoms with Crippen LogP contribution in [0.25, 0.3) is 0 Å². The number of piperazine rings is 1. The molecule has 0 radical (unpaired) electrons. The van der Waals surface area contributed by atoms with Crippen molar-refractivity contribution in [3.63, 3.8) is 0 Å². The van der Waals surface area contributed by atoms with Crippen LogP contribution in [0.1, 0.15) is 31.2 Å². The van der Waals surface area contributed by atoms with E-state index in [1.54, 1.807) is 6.92 Å². The van der Waals surface area contributed by atoms with Crippen molar-refractivity contribution in [2.75, 3.05) is 26.2 Å². The average Bonchev–Trinajstić information content (AvgIpc) is 3.10. The van der Waals surface area contributed by atoms with Crippen LogP contribution in [0.15, 0.2) is 23.1 Å². The zero-order valence-electron chi connectivity index (χ0n) is 14.2. The molecule has 2 aliphatic rings. The molecule has 2 fully saturated rings. The molecule has 0 aromatic heterocycles. The molecule has 0 atom stereocenters. The number of hydrogen-bond donors (Lipinski definition) is 0. The summed E-state index contributed by atoms with van der Waals surface area (Å²) in [6.07, 6.45) is 3.25. The topological polar surface area (TPSA) is 74.8 Å². The Labute approximate surface area is 148 Å². The smallest absolute Gasteiger partial charge is 0.212 e. The van der Waals surface area contributed by atoms with Crippen molar-refractivity contribution in [1.29, 1.82) is 0 Å². The maximum atomic E-state index is 13.2. The molecule has 6 nitrogen and oxygen atoms in total. The molecule has 0 amide bonds. The highest BCUT2D eigenvalue weighted by atomic mass is 32.2. The third-order valence-electron chi connectivity index (χ3n) is 5.04. The second kappa shape index (κ2) is 6.94. The molecule has 1 saturated carbocycles. The normalized spacial score (nSPS) is 21.7. The summed E-state index contributed by atoms with van der Waals surface area (Å²) in [5.41, 5.74) is 0.348. The Balaban J connectivity index is 1.73. The van der Waals surface area contributed by atoms with Gasteiger partial charge < -0.3 is 0 Å². The summed E-state index contributed by atoms with van der Waals surface area (Å²) in [7, 11) is -7.10. The molecule has 9 heteroatoms. The predicted molar refractivity (Wildman–Crippen MR) is 92.6 cm³/mol. The molecule has 3 rings (SSSR count). The van der Waals surface area contributed by atoms with Gasteiger partial charge in [0.15, 0.2) is 0 Å². The summed E-state index contributed by atoms with van der Waals surface area (Å²) in [5, 5.41) is -0.324. The van der Waals surface area contributed by atoms with E-state index in [-0.39, 0.29) is 36.3 Å². The first-order valence-electron chi connectivity index (χ1n) is 8.48. The van der Waals surface area contributed by atoms with Gasteiger partial charge in [-0.15, -0.1) is 0 Å². The molecule has 1 aliphatic heterocycles. The summed E-state index contributed by atoms with van der Waals surface area (Å²) in [6, 6.07) is 3.58. The monoisotopic (exact) mass is 390 g/mol. The Hall–Kier alpha value is -1.03. The van der Waals surface area contributed by atoms with E-state index in [9.17, 15) is 21.2 Å². The molecule has 0 spiro atoms. The van der Waals surface area contributed by atoms with Crippen LogP contribution in [0.4, 0.5) is 4.39 Å². The lowest BCUT2D eigenvalue weighted by Gasteiger charge is -2.34. The van der Waals surface area contributed by atoms with Gasteiger partial charge in [0.2, 0.25) is 20.0 Å². The number of nitrogens with zero attached hydrogens (tertiary/aromatic N) is 2. The Morgan fingerprint density at radius 3 is 2.08 bits per heavy atom. The number of aryl methyl sites for hydroxylation is 1. The molecule has 1 saturated heterocycles. The van der Waals surface area contributed by atoms with Crippen molar-refractivity contribution in [2.24, 2.45) is 0 Å². The van der Waals surface area contributed by atoms with Crippen LogP contribution in [0.3, 0.4) is 0 Å². The van der Waals surface area contributed by atoms with Gasteiger partial charge in [-0.25, -0.2) is 21.2 Å². The zero-order chi connectivity index (χ0) is 18.2. The van der Waals surface area contributed by atoms with Crippen molar-refractivity contribution in [2.45, 2.75) is 42.8 Å². The van der Waals surface area contributed by atoms with Gasteiger partial charge >= 0.3 is 0 Å². The highest BCUT2D eigenvalue weighted by Gasteiger charge is 2.38. The van der Waals surface area contributed by atoms with Crippen LogP contribution in [0.5, 0.6) is 0 Å². The molecule has 1 aromatic carbocycles. The van der Waals surface area contributed by atoms with Crippen molar-refractivity contribution in [3.05, 3.63) is 29.6 Å². The summed E-state index contributed by atoms with van der Waals surface area (Å²) in [4.78, 5) is 0.0704. The number of benzene rings is 1. The van der Waals surface area contributed by atoms with Gasteiger partial charge in [-0.1, -0.05) is 12.8 Å². The number of hydrogen-bond acceptors (Lipinski definition) is 4. The van der Waals surface area contributed by atoms with Gasteiger partial charge in [0.25, 0.3) is 0 Å². The van der Waals surface area contributed by atoms with Gasteiger partial charge in [-0.05, 0) is 43.5 Å². The quantitative estimate of drug-likeness (QED) is 0.784. The second-order valence-electron chi connectivity index (χ2n) is 6.66. The van der Waals surface area contributed by atoms with E-state index >= 15 is 0 Å². The molecule has 25 heavy (non-hydrogen) atoms. The van der Waals surface area contributed by atoms with Gasteiger partial charge in [0, 0.05) is 26.2 Å². The first kappa shape index (κ1) is 18.8. The maximum Gasteiger partial charge on any atom is 0.243 e. The molecule has 0 bridgehead atoms. The molecule has 0 unspecified atom stereocenters. The molecule has 1 heterocycles. The van der Waals surface area contributed by atoms with Crippen molar-refractivity contribution in [1.82, 2.24) is 8.61 Å². The van der Waals surface area contributed by atoms with E-state index in [4.69, 9.17) is 0 Å². The van der Waals surface area contributed by atoms with Crippen LogP contribution >= 0.6 is 0 Å². The Morgan fingerprint density at radius 1 is 0.960 bits per heavy atom. The van der Waals surface area contributed by atoms with Gasteiger partial charge in [-0.3, -0.25) is 0 Å². The zero-order valence-corrected chi connectivity index (χ0v) is 15.8. The predicted octanol–water partition coefficient (Wildman–Crippen LogP) is 1.71. The number of halogens is 1. The lowest BCUT2D eigenvalue weighted by molar-refractivity contribution is 0.270. The van der Waals surface area contributed by atoms with Gasteiger partial charge in [0.05, 0.1) is 10.1 Å². The Kier molecular flexibility index (Phi) is 5.21. The van der Waals surface area contributed by atoms with Crippen molar-refractivity contribution >= 4 is 20.0 Å². The minimum absolute atomic E-state index is 0.0704.